The first-order chi connectivity index (χ1) is 7.47. The number of aliphatic hydroxyl groups is 4. The van der Waals surface area contributed by atoms with Crippen LogP contribution in [0.3, 0.4) is 0 Å². The predicted octanol–water partition coefficient (Wildman–Crippen LogP) is -1.14. The highest BCUT2D eigenvalue weighted by molar-refractivity contribution is 7.95. The molecule has 16 heavy (non-hydrogen) atoms. The van der Waals surface area contributed by atoms with Crippen molar-refractivity contribution in [3.05, 3.63) is 0 Å². The first kappa shape index (κ1) is 14.2. The molecule has 0 amide bonds. The van der Waals surface area contributed by atoms with Crippen LogP contribution in [0.25, 0.3) is 0 Å². The van der Waals surface area contributed by atoms with Crippen LogP contribution >= 0.6 is 12.0 Å². The van der Waals surface area contributed by atoms with Gasteiger partial charge in [-0.25, -0.2) is 0 Å². The third-order valence-electron chi connectivity index (χ3n) is 2.19. The lowest BCUT2D eigenvalue weighted by molar-refractivity contribution is -0.274. The third-order valence-corrected chi connectivity index (χ3v) is 2.88. The van der Waals surface area contributed by atoms with E-state index in [1.807, 2.05) is 13.8 Å². The zero-order chi connectivity index (χ0) is 12.3. The molecule has 0 aromatic rings. The van der Waals surface area contributed by atoms with E-state index in [-0.39, 0.29) is 5.25 Å². The molecule has 7 heteroatoms. The van der Waals surface area contributed by atoms with E-state index in [1.54, 1.807) is 0 Å². The molecule has 0 aliphatic carbocycles. The number of aliphatic hydroxyl groups excluding tert-OH is 4. The van der Waals surface area contributed by atoms with Crippen LogP contribution in [0.2, 0.25) is 0 Å². The molecule has 1 fully saturated rings. The summed E-state index contributed by atoms with van der Waals surface area (Å²) in [5, 5.41) is 37.6. The first-order valence-electron chi connectivity index (χ1n) is 5.10. The largest absolute Gasteiger partial charge is 0.394 e. The van der Waals surface area contributed by atoms with Crippen LogP contribution < -0.4 is 0 Å². The van der Waals surface area contributed by atoms with Gasteiger partial charge in [0, 0.05) is 5.25 Å². The zero-order valence-corrected chi connectivity index (χ0v) is 10.0. The van der Waals surface area contributed by atoms with Crippen LogP contribution in [-0.2, 0) is 8.92 Å². The van der Waals surface area contributed by atoms with Crippen LogP contribution in [0.15, 0.2) is 0 Å². The molecule has 6 nitrogen and oxygen atoms in total. The second-order valence-electron chi connectivity index (χ2n) is 3.94. The highest BCUT2D eigenvalue weighted by Crippen LogP contribution is 2.26. The molecule has 4 N–H and O–H groups in total. The highest BCUT2D eigenvalue weighted by Gasteiger charge is 2.44. The Bertz CT molecular complexity index is 212. The number of hydrogen-bond donors (Lipinski definition) is 4. The summed E-state index contributed by atoms with van der Waals surface area (Å²) in [6.45, 7) is 3.35. The SMILES string of the molecule is CC(C)SO[C@@H]1O[C@H](CO)[C@H](O)[C@H](O)[C@H]1O. The Kier molecular flexibility index (Phi) is 5.45. The summed E-state index contributed by atoms with van der Waals surface area (Å²) < 4.78 is 10.3. The van der Waals surface area contributed by atoms with Crippen molar-refractivity contribution in [1.82, 2.24) is 0 Å². The first-order valence-corrected chi connectivity index (χ1v) is 5.90. The minimum Gasteiger partial charge on any atom is -0.394 e. The van der Waals surface area contributed by atoms with Crippen molar-refractivity contribution in [2.24, 2.45) is 0 Å². The van der Waals surface area contributed by atoms with Gasteiger partial charge in [-0.1, -0.05) is 13.8 Å². The molecule has 1 rings (SSSR count). The molecular weight excluding hydrogens is 236 g/mol. The van der Waals surface area contributed by atoms with Gasteiger partial charge >= 0.3 is 0 Å². The Morgan fingerprint density at radius 3 is 2.31 bits per heavy atom. The lowest BCUT2D eigenvalue weighted by Gasteiger charge is -2.39. The smallest absolute Gasteiger partial charge is 0.199 e. The quantitative estimate of drug-likeness (QED) is 0.471. The van der Waals surface area contributed by atoms with Crippen LogP contribution in [0.4, 0.5) is 0 Å². The van der Waals surface area contributed by atoms with Gasteiger partial charge in [-0.2, -0.15) is 0 Å². The molecular formula is C9H18O6S. The van der Waals surface area contributed by atoms with Gasteiger partial charge in [0.15, 0.2) is 6.29 Å². The van der Waals surface area contributed by atoms with Gasteiger partial charge in [-0.3, -0.25) is 4.18 Å². The normalized spacial score (nSPS) is 40.3. The van der Waals surface area contributed by atoms with Gasteiger partial charge in [0.1, 0.15) is 24.4 Å². The Morgan fingerprint density at radius 2 is 1.81 bits per heavy atom. The maximum absolute atomic E-state index is 9.58. The number of hydrogen-bond acceptors (Lipinski definition) is 7. The molecule has 0 aromatic carbocycles. The Balaban J connectivity index is 2.56. The fourth-order valence-corrected chi connectivity index (χ4v) is 1.80. The van der Waals surface area contributed by atoms with E-state index in [4.69, 9.17) is 14.0 Å². The summed E-state index contributed by atoms with van der Waals surface area (Å²) in [5.74, 6) is 0. The Labute approximate surface area is 98.4 Å². The van der Waals surface area contributed by atoms with E-state index >= 15 is 0 Å². The maximum atomic E-state index is 9.58. The van der Waals surface area contributed by atoms with Crippen molar-refractivity contribution in [3.63, 3.8) is 0 Å². The molecule has 0 bridgehead atoms. The van der Waals surface area contributed by atoms with Crippen molar-refractivity contribution in [3.8, 4) is 0 Å². The third kappa shape index (κ3) is 3.30. The van der Waals surface area contributed by atoms with Crippen molar-refractivity contribution in [2.75, 3.05) is 6.61 Å². The molecule has 5 atom stereocenters. The fourth-order valence-electron chi connectivity index (χ4n) is 1.31. The van der Waals surface area contributed by atoms with E-state index in [9.17, 15) is 15.3 Å². The lowest BCUT2D eigenvalue weighted by Crippen LogP contribution is -2.58. The topological polar surface area (TPSA) is 99.4 Å². The lowest BCUT2D eigenvalue weighted by atomic mass is 10.00. The summed E-state index contributed by atoms with van der Waals surface area (Å²) in [6.07, 6.45) is -6.03. The van der Waals surface area contributed by atoms with Gasteiger partial charge in [-0.15, -0.1) is 0 Å². The predicted molar refractivity (Wildman–Crippen MR) is 57.6 cm³/mol. The summed E-state index contributed by atoms with van der Waals surface area (Å²) in [4.78, 5) is 0. The molecule has 1 heterocycles. The average Bonchev–Trinajstić information content (AvgIpc) is 2.25. The molecule has 0 radical (unpaired) electrons. The van der Waals surface area contributed by atoms with Gasteiger partial charge in [-0.05, 0) is 12.0 Å². The summed E-state index contributed by atoms with van der Waals surface area (Å²) >= 11 is 1.10. The zero-order valence-electron chi connectivity index (χ0n) is 9.18. The van der Waals surface area contributed by atoms with Crippen LogP contribution in [-0.4, -0.2) is 63.0 Å². The minimum atomic E-state index is -1.39. The highest BCUT2D eigenvalue weighted by atomic mass is 32.2. The maximum Gasteiger partial charge on any atom is 0.199 e. The average molecular weight is 254 g/mol. The van der Waals surface area contributed by atoms with Gasteiger partial charge < -0.3 is 25.2 Å². The van der Waals surface area contributed by atoms with E-state index in [0.29, 0.717) is 0 Å². The molecule has 0 aromatic heterocycles. The second-order valence-corrected chi connectivity index (χ2v) is 5.27. The van der Waals surface area contributed by atoms with Gasteiger partial charge in [0.05, 0.1) is 6.61 Å². The van der Waals surface area contributed by atoms with Crippen LogP contribution in [0, 0.1) is 0 Å². The fraction of sp³-hybridized carbons (Fsp3) is 1.00. The number of ether oxygens (including phenoxy) is 1. The molecule has 1 aliphatic rings. The minimum absolute atomic E-state index is 0.173. The van der Waals surface area contributed by atoms with Crippen molar-refractivity contribution in [1.29, 1.82) is 0 Å². The van der Waals surface area contributed by atoms with Crippen molar-refractivity contribution in [2.45, 2.75) is 49.8 Å². The van der Waals surface area contributed by atoms with Gasteiger partial charge in [0.2, 0.25) is 0 Å². The Hall–Kier alpha value is 0.110. The van der Waals surface area contributed by atoms with E-state index in [0.717, 1.165) is 12.0 Å². The summed E-state index contributed by atoms with van der Waals surface area (Å²) in [7, 11) is 0. The second kappa shape index (κ2) is 6.15. The van der Waals surface area contributed by atoms with E-state index in [1.165, 1.54) is 0 Å². The number of rotatable bonds is 4. The van der Waals surface area contributed by atoms with Gasteiger partial charge in [0.25, 0.3) is 0 Å². The molecule has 1 aliphatic heterocycles. The molecule has 0 spiro atoms. The molecule has 0 saturated carbocycles. The van der Waals surface area contributed by atoms with Crippen LogP contribution in [0.5, 0.6) is 0 Å². The van der Waals surface area contributed by atoms with Crippen molar-refractivity contribution < 1.29 is 29.3 Å². The standard InChI is InChI=1S/C9H18O6S/c1-4(2)16-15-9-8(13)7(12)6(11)5(3-10)14-9/h4-13H,3H2,1-2H3/t5-,6+,7+,8-,9+/m1/s1. The Morgan fingerprint density at radius 1 is 1.19 bits per heavy atom. The van der Waals surface area contributed by atoms with Crippen molar-refractivity contribution >= 4 is 12.0 Å². The summed E-state index contributed by atoms with van der Waals surface area (Å²) in [6, 6.07) is 0. The van der Waals surface area contributed by atoms with Crippen LogP contribution in [0.1, 0.15) is 13.8 Å². The molecule has 0 unspecified atom stereocenters. The van der Waals surface area contributed by atoms with E-state index < -0.39 is 37.3 Å². The summed E-state index contributed by atoms with van der Waals surface area (Å²) in [5.41, 5.74) is 0. The molecule has 1 saturated heterocycles. The van der Waals surface area contributed by atoms with E-state index in [2.05, 4.69) is 0 Å². The monoisotopic (exact) mass is 254 g/mol. The molecule has 96 valence electrons.